The maximum absolute atomic E-state index is 6.77. The highest BCUT2D eigenvalue weighted by atomic mass is 13.9. The summed E-state index contributed by atoms with van der Waals surface area (Å²) >= 11 is 0. The third-order valence-electron chi connectivity index (χ3n) is 1.20. The summed E-state index contributed by atoms with van der Waals surface area (Å²) in [6.45, 7) is 0. The van der Waals surface area contributed by atoms with Crippen LogP contribution in [0.15, 0.2) is 24.3 Å². The zero-order chi connectivity index (χ0) is 7.40. The second-order valence-corrected chi connectivity index (χ2v) is 1.85. The molecule has 1 aromatic carbocycles. The van der Waals surface area contributed by atoms with Gasteiger partial charge in [0, 0.05) is 11.1 Å². The lowest BCUT2D eigenvalue weighted by molar-refractivity contribution is 1.60. The smallest absolute Gasteiger partial charge is 0.0256 e. The van der Waals surface area contributed by atoms with E-state index in [9.17, 15) is 0 Å². The molecule has 0 N–H and O–H groups in total. The van der Waals surface area contributed by atoms with Crippen LogP contribution in [0.2, 0.25) is 0 Å². The van der Waals surface area contributed by atoms with Gasteiger partial charge in [0.05, 0.1) is 0 Å². The van der Waals surface area contributed by atoms with E-state index < -0.39 is 0 Å². The summed E-state index contributed by atoms with van der Waals surface area (Å²) in [5.41, 5.74) is 1.58. The van der Waals surface area contributed by atoms with Crippen molar-refractivity contribution < 1.29 is 0 Å². The van der Waals surface area contributed by atoms with Crippen LogP contribution in [0.5, 0.6) is 0 Å². The predicted octanol–water partition coefficient (Wildman–Crippen LogP) is 1.61. The molecule has 0 saturated heterocycles. The minimum Gasteiger partial charge on any atom is -0.115 e. The Morgan fingerprint density at radius 3 is 2.00 bits per heavy atom. The highest BCUT2D eigenvalue weighted by Crippen LogP contribution is 2.00. The van der Waals surface area contributed by atoms with E-state index >= 15 is 0 Å². The molecule has 0 spiro atoms. The van der Waals surface area contributed by atoms with E-state index in [1.165, 1.54) is 0 Å². The highest BCUT2D eigenvalue weighted by Gasteiger charge is 1.85. The van der Waals surface area contributed by atoms with E-state index in [1.54, 1.807) is 24.3 Å². The van der Waals surface area contributed by atoms with E-state index in [4.69, 9.17) is 12.8 Å². The fourth-order valence-electron chi connectivity index (χ4n) is 0.650. The van der Waals surface area contributed by atoms with E-state index in [-0.39, 0.29) is 0 Å². The third kappa shape index (κ3) is 1.19. The molecule has 1 rings (SSSR count). The first-order valence-electron chi connectivity index (χ1n) is 2.86. The summed E-state index contributed by atoms with van der Waals surface area (Å²) in [7, 11) is 0. The van der Waals surface area contributed by atoms with Crippen molar-refractivity contribution in [3.05, 3.63) is 41.8 Å². The summed E-state index contributed by atoms with van der Waals surface area (Å²) < 4.78 is 0. The van der Waals surface area contributed by atoms with Gasteiger partial charge < -0.3 is 0 Å². The van der Waals surface area contributed by atoms with Crippen LogP contribution in [-0.2, 0) is 0 Å². The molecule has 0 saturated carbocycles. The average molecular weight is 125 g/mol. The van der Waals surface area contributed by atoms with Crippen molar-refractivity contribution in [2.75, 3.05) is 0 Å². The predicted molar refractivity (Wildman–Crippen MR) is 40.6 cm³/mol. The van der Waals surface area contributed by atoms with Crippen molar-refractivity contribution in [2.45, 2.75) is 0 Å². The van der Waals surface area contributed by atoms with Crippen LogP contribution < -0.4 is 0 Å². The Balaban J connectivity index is 3.08. The first-order chi connectivity index (χ1) is 4.86. The van der Waals surface area contributed by atoms with Gasteiger partial charge in [-0.3, -0.25) is 0 Å². The lowest BCUT2D eigenvalue weighted by atomic mass is 10.1. The Morgan fingerprint density at radius 2 is 1.60 bits per heavy atom. The Kier molecular flexibility index (Phi) is 1.78. The summed E-state index contributed by atoms with van der Waals surface area (Å²) in [6, 6.07) is 7.11. The van der Waals surface area contributed by atoms with Crippen LogP contribution in [-0.4, -0.2) is 0 Å². The van der Waals surface area contributed by atoms with Gasteiger partial charge in [-0.1, -0.05) is 11.8 Å². The lowest BCUT2D eigenvalue weighted by Crippen LogP contribution is -1.74. The first-order valence-corrected chi connectivity index (χ1v) is 2.86. The van der Waals surface area contributed by atoms with Gasteiger partial charge in [-0.25, -0.2) is 0 Å². The minimum absolute atomic E-state index is 0.749. The molecule has 0 aliphatic carbocycles. The molecule has 0 heterocycles. The molecule has 0 atom stereocenters. The molecule has 0 heteroatoms. The summed E-state index contributed by atoms with van der Waals surface area (Å²) in [4.78, 5) is 0. The van der Waals surface area contributed by atoms with Crippen molar-refractivity contribution in [1.29, 1.82) is 0 Å². The lowest BCUT2D eigenvalue weighted by Gasteiger charge is -1.88. The van der Waals surface area contributed by atoms with Gasteiger partial charge in [-0.05, 0) is 30.7 Å². The second-order valence-electron chi connectivity index (χ2n) is 1.85. The Morgan fingerprint density at radius 1 is 1.10 bits per heavy atom. The maximum atomic E-state index is 6.77. The zero-order valence-corrected chi connectivity index (χ0v) is 5.39. The monoisotopic (exact) mass is 125 g/mol. The summed E-state index contributed by atoms with van der Waals surface area (Å²) in [5.74, 6) is 4.75. The topological polar surface area (TPSA) is 0 Å². The molecule has 0 bridgehead atoms. The Bertz CT molecular complexity index is 257. The standard InChI is InChI=1S/C10H5/c1-3-9-5-7-10(4-2)8-6-9/h1,5-8H. The second kappa shape index (κ2) is 2.76. The van der Waals surface area contributed by atoms with Crippen LogP contribution in [0.1, 0.15) is 11.1 Å². The summed E-state index contributed by atoms with van der Waals surface area (Å²) in [6.07, 6.45) is 11.9. The largest absolute Gasteiger partial charge is 0.115 e. The third-order valence-corrected chi connectivity index (χ3v) is 1.20. The van der Waals surface area contributed by atoms with Crippen molar-refractivity contribution in [2.24, 2.45) is 0 Å². The Hall–Kier alpha value is -1.66. The SMILES string of the molecule is [C]#Cc1ccc(C#C)cc1. The normalized spacial score (nSPS) is 7.80. The van der Waals surface area contributed by atoms with Gasteiger partial charge in [0.1, 0.15) is 0 Å². The Labute approximate surface area is 60.9 Å². The van der Waals surface area contributed by atoms with Crippen LogP contribution in [0.25, 0.3) is 0 Å². The van der Waals surface area contributed by atoms with E-state index in [2.05, 4.69) is 11.8 Å². The molecular formula is C10H5. The van der Waals surface area contributed by atoms with Crippen molar-refractivity contribution in [3.8, 4) is 18.3 Å². The molecule has 0 fully saturated rings. The molecule has 45 valence electrons. The van der Waals surface area contributed by atoms with E-state index in [0.29, 0.717) is 0 Å². The zero-order valence-electron chi connectivity index (χ0n) is 5.39. The molecule has 0 aliphatic rings. The molecule has 0 nitrogen and oxygen atoms in total. The molecule has 0 unspecified atom stereocenters. The quantitative estimate of drug-likeness (QED) is 0.462. The van der Waals surface area contributed by atoms with Crippen LogP contribution in [0.3, 0.4) is 0 Å². The number of hydrogen-bond acceptors (Lipinski definition) is 0. The molecule has 0 aromatic heterocycles. The van der Waals surface area contributed by atoms with Gasteiger partial charge in [0.25, 0.3) is 0 Å². The molecule has 0 aliphatic heterocycles. The molecule has 1 aromatic rings. The van der Waals surface area contributed by atoms with Crippen LogP contribution in [0, 0.1) is 24.7 Å². The molecule has 0 amide bonds. The van der Waals surface area contributed by atoms with Gasteiger partial charge >= 0.3 is 0 Å². The number of benzene rings is 1. The molecular weight excluding hydrogens is 120 g/mol. The van der Waals surface area contributed by atoms with Gasteiger partial charge in [-0.15, -0.1) is 6.42 Å². The van der Waals surface area contributed by atoms with E-state index in [1.807, 2.05) is 0 Å². The number of rotatable bonds is 0. The fourth-order valence-corrected chi connectivity index (χ4v) is 0.650. The van der Waals surface area contributed by atoms with Crippen molar-refractivity contribution in [3.63, 3.8) is 0 Å². The van der Waals surface area contributed by atoms with E-state index in [0.717, 1.165) is 11.1 Å². The van der Waals surface area contributed by atoms with Crippen LogP contribution >= 0.6 is 0 Å². The number of hydrogen-bond donors (Lipinski definition) is 0. The van der Waals surface area contributed by atoms with Gasteiger partial charge in [0.15, 0.2) is 0 Å². The average Bonchev–Trinajstić information content (AvgIpc) is 2.05. The van der Waals surface area contributed by atoms with Crippen LogP contribution in [0.4, 0.5) is 0 Å². The molecule has 1 radical (unpaired) electrons. The van der Waals surface area contributed by atoms with Crippen molar-refractivity contribution in [1.82, 2.24) is 0 Å². The van der Waals surface area contributed by atoms with Crippen molar-refractivity contribution >= 4 is 0 Å². The number of terminal acetylenes is 1. The highest BCUT2D eigenvalue weighted by molar-refractivity contribution is 5.38. The van der Waals surface area contributed by atoms with Gasteiger partial charge in [-0.2, -0.15) is 0 Å². The minimum atomic E-state index is 0.749. The first kappa shape index (κ1) is 6.46. The summed E-state index contributed by atoms with van der Waals surface area (Å²) in [5, 5.41) is 0. The molecule has 10 heavy (non-hydrogen) atoms. The fraction of sp³-hybridized carbons (Fsp3) is 0. The maximum Gasteiger partial charge on any atom is 0.0256 e. The van der Waals surface area contributed by atoms with Gasteiger partial charge in [0.2, 0.25) is 0 Å².